The van der Waals surface area contributed by atoms with Crippen molar-refractivity contribution >= 4 is 22.3 Å². The first-order chi connectivity index (χ1) is 13.7. The Labute approximate surface area is 166 Å². The summed E-state index contributed by atoms with van der Waals surface area (Å²) < 4.78 is 15.0. The maximum Gasteiger partial charge on any atom is 0.317 e. The standard InChI is InChI=1S/C20H22FN5OS/c21-14-8-6-13(7-9-14)18-23-20-26(24-18)16-10-11-25(12-17(16)28-20)19(27)22-15-4-2-1-3-5-15/h6-9,15H,1-5,10-12H2,(H,22,27). The molecule has 2 aromatic heterocycles. The van der Waals surface area contributed by atoms with Gasteiger partial charge in [0.05, 0.1) is 12.2 Å². The number of fused-ring (bicyclic) bond motifs is 3. The molecule has 0 radical (unpaired) electrons. The Hall–Kier alpha value is -2.48. The molecular weight excluding hydrogens is 377 g/mol. The van der Waals surface area contributed by atoms with Crippen LogP contribution in [-0.4, -0.2) is 38.1 Å². The summed E-state index contributed by atoms with van der Waals surface area (Å²) in [4.78, 5) is 21.1. The predicted octanol–water partition coefficient (Wildman–Crippen LogP) is 4.00. The van der Waals surface area contributed by atoms with E-state index in [1.807, 2.05) is 9.42 Å². The zero-order valence-corrected chi connectivity index (χ0v) is 16.3. The maximum absolute atomic E-state index is 13.1. The number of amides is 2. The van der Waals surface area contributed by atoms with Crippen molar-refractivity contribution in [3.05, 3.63) is 40.7 Å². The van der Waals surface area contributed by atoms with Gasteiger partial charge in [0.2, 0.25) is 4.96 Å². The second kappa shape index (κ2) is 7.16. The molecule has 1 fully saturated rings. The largest absolute Gasteiger partial charge is 0.335 e. The number of urea groups is 1. The lowest BCUT2D eigenvalue weighted by atomic mass is 9.96. The zero-order valence-electron chi connectivity index (χ0n) is 15.5. The quantitative estimate of drug-likeness (QED) is 0.709. The first-order valence-electron chi connectivity index (χ1n) is 9.86. The molecule has 1 aliphatic heterocycles. The number of hydrogen-bond acceptors (Lipinski definition) is 4. The summed E-state index contributed by atoms with van der Waals surface area (Å²) >= 11 is 1.58. The molecule has 1 N–H and O–H groups in total. The number of carbonyl (C=O) groups excluding carboxylic acids is 1. The van der Waals surface area contributed by atoms with Crippen LogP contribution in [0.5, 0.6) is 0 Å². The lowest BCUT2D eigenvalue weighted by molar-refractivity contribution is 0.185. The third-order valence-corrected chi connectivity index (χ3v) is 6.70. The molecular formula is C20H22FN5OS. The second-order valence-electron chi connectivity index (χ2n) is 7.56. The predicted molar refractivity (Wildman–Crippen MR) is 106 cm³/mol. The van der Waals surface area contributed by atoms with Crippen molar-refractivity contribution in [1.82, 2.24) is 24.8 Å². The molecule has 0 unspecified atom stereocenters. The number of rotatable bonds is 2. The summed E-state index contributed by atoms with van der Waals surface area (Å²) in [6.07, 6.45) is 6.64. The molecule has 1 saturated carbocycles. The van der Waals surface area contributed by atoms with Gasteiger partial charge in [-0.2, -0.15) is 4.98 Å². The monoisotopic (exact) mass is 399 g/mol. The summed E-state index contributed by atoms with van der Waals surface area (Å²) in [6, 6.07) is 6.59. The van der Waals surface area contributed by atoms with E-state index in [0.29, 0.717) is 25.0 Å². The van der Waals surface area contributed by atoms with E-state index in [4.69, 9.17) is 0 Å². The molecule has 1 aromatic carbocycles. The van der Waals surface area contributed by atoms with Gasteiger partial charge in [0, 0.05) is 29.4 Å². The normalized spacial score (nSPS) is 17.7. The number of nitrogens with zero attached hydrogens (tertiary/aromatic N) is 4. The molecule has 0 atom stereocenters. The van der Waals surface area contributed by atoms with Gasteiger partial charge in [-0.25, -0.2) is 13.7 Å². The third-order valence-electron chi connectivity index (χ3n) is 5.64. The van der Waals surface area contributed by atoms with Crippen LogP contribution >= 0.6 is 11.3 Å². The molecule has 0 bridgehead atoms. The number of nitrogens with one attached hydrogen (secondary N) is 1. The Morgan fingerprint density at radius 3 is 2.75 bits per heavy atom. The second-order valence-corrected chi connectivity index (χ2v) is 8.63. The van der Waals surface area contributed by atoms with Crippen LogP contribution in [0.25, 0.3) is 16.3 Å². The minimum Gasteiger partial charge on any atom is -0.335 e. The van der Waals surface area contributed by atoms with Gasteiger partial charge in [0.1, 0.15) is 5.82 Å². The first-order valence-corrected chi connectivity index (χ1v) is 10.7. The number of hydrogen-bond donors (Lipinski definition) is 1. The van der Waals surface area contributed by atoms with E-state index in [9.17, 15) is 9.18 Å². The van der Waals surface area contributed by atoms with E-state index in [1.54, 1.807) is 23.5 Å². The van der Waals surface area contributed by atoms with Crippen molar-refractivity contribution in [3.63, 3.8) is 0 Å². The summed E-state index contributed by atoms with van der Waals surface area (Å²) in [6.45, 7) is 1.29. The molecule has 2 aliphatic rings. The lowest BCUT2D eigenvalue weighted by Crippen LogP contribution is -2.47. The fourth-order valence-electron chi connectivity index (χ4n) is 4.10. The van der Waals surface area contributed by atoms with Crippen LogP contribution < -0.4 is 5.32 Å². The van der Waals surface area contributed by atoms with Crippen LogP contribution in [-0.2, 0) is 13.0 Å². The van der Waals surface area contributed by atoms with E-state index in [0.717, 1.165) is 40.4 Å². The highest BCUT2D eigenvalue weighted by Gasteiger charge is 2.27. The minimum absolute atomic E-state index is 0.0450. The molecule has 5 rings (SSSR count). The lowest BCUT2D eigenvalue weighted by Gasteiger charge is -2.30. The van der Waals surface area contributed by atoms with E-state index in [-0.39, 0.29) is 11.8 Å². The fraction of sp³-hybridized carbons (Fsp3) is 0.450. The van der Waals surface area contributed by atoms with Crippen molar-refractivity contribution in [1.29, 1.82) is 0 Å². The van der Waals surface area contributed by atoms with Crippen molar-refractivity contribution in [3.8, 4) is 11.4 Å². The summed E-state index contributed by atoms with van der Waals surface area (Å²) in [5.41, 5.74) is 1.93. The highest BCUT2D eigenvalue weighted by molar-refractivity contribution is 7.17. The fourth-order valence-corrected chi connectivity index (χ4v) is 5.21. The van der Waals surface area contributed by atoms with Crippen LogP contribution in [0.3, 0.4) is 0 Å². The molecule has 8 heteroatoms. The van der Waals surface area contributed by atoms with E-state index in [2.05, 4.69) is 15.4 Å². The molecule has 3 heterocycles. The van der Waals surface area contributed by atoms with Crippen LogP contribution in [0.15, 0.2) is 24.3 Å². The van der Waals surface area contributed by atoms with Crippen LogP contribution in [0.1, 0.15) is 42.7 Å². The van der Waals surface area contributed by atoms with Gasteiger partial charge in [-0.3, -0.25) is 0 Å². The molecule has 0 spiro atoms. The van der Waals surface area contributed by atoms with Gasteiger partial charge in [-0.1, -0.05) is 30.6 Å². The Kier molecular flexibility index (Phi) is 4.50. The molecule has 28 heavy (non-hydrogen) atoms. The van der Waals surface area contributed by atoms with Gasteiger partial charge in [-0.15, -0.1) is 5.10 Å². The number of benzene rings is 1. The Bertz CT molecular complexity index is 1010. The average molecular weight is 399 g/mol. The Morgan fingerprint density at radius 1 is 1.18 bits per heavy atom. The third kappa shape index (κ3) is 3.26. The van der Waals surface area contributed by atoms with Gasteiger partial charge < -0.3 is 10.2 Å². The van der Waals surface area contributed by atoms with Crippen LogP contribution in [0.4, 0.5) is 9.18 Å². The average Bonchev–Trinajstić information content (AvgIpc) is 3.26. The summed E-state index contributed by atoms with van der Waals surface area (Å²) in [5, 5.41) is 7.83. The van der Waals surface area contributed by atoms with Gasteiger partial charge in [-0.05, 0) is 37.1 Å². The highest BCUT2D eigenvalue weighted by atomic mass is 32.1. The molecule has 2 amide bonds. The Morgan fingerprint density at radius 2 is 1.96 bits per heavy atom. The number of thiazole rings is 1. The molecule has 3 aromatic rings. The SMILES string of the molecule is O=C(NC1CCCCC1)N1CCc2c(sc3nc(-c4ccc(F)cc4)nn23)C1. The molecule has 6 nitrogen and oxygen atoms in total. The molecule has 0 saturated heterocycles. The Balaban J connectivity index is 1.33. The van der Waals surface area contributed by atoms with Crippen LogP contribution in [0.2, 0.25) is 0 Å². The number of aromatic nitrogens is 3. The topological polar surface area (TPSA) is 62.5 Å². The maximum atomic E-state index is 13.1. The number of halogens is 1. The zero-order chi connectivity index (χ0) is 19.1. The molecule has 146 valence electrons. The van der Waals surface area contributed by atoms with Gasteiger partial charge >= 0.3 is 6.03 Å². The van der Waals surface area contributed by atoms with Gasteiger partial charge in [0.25, 0.3) is 0 Å². The first kappa shape index (κ1) is 17.6. The summed E-state index contributed by atoms with van der Waals surface area (Å²) in [5.74, 6) is 0.334. The number of carbonyl (C=O) groups is 1. The van der Waals surface area contributed by atoms with Crippen molar-refractivity contribution in [2.75, 3.05) is 6.54 Å². The smallest absolute Gasteiger partial charge is 0.317 e. The minimum atomic E-state index is -0.270. The molecule has 1 aliphatic carbocycles. The van der Waals surface area contributed by atoms with Crippen LogP contribution in [0, 0.1) is 5.82 Å². The van der Waals surface area contributed by atoms with Crippen molar-refractivity contribution in [2.45, 2.75) is 51.1 Å². The van der Waals surface area contributed by atoms with Crippen molar-refractivity contribution < 1.29 is 9.18 Å². The van der Waals surface area contributed by atoms with E-state index in [1.165, 1.54) is 31.4 Å². The van der Waals surface area contributed by atoms with E-state index < -0.39 is 0 Å². The van der Waals surface area contributed by atoms with Gasteiger partial charge in [0.15, 0.2) is 5.82 Å². The van der Waals surface area contributed by atoms with Crippen molar-refractivity contribution in [2.24, 2.45) is 0 Å². The summed E-state index contributed by atoms with van der Waals surface area (Å²) in [7, 11) is 0. The highest BCUT2D eigenvalue weighted by Crippen LogP contribution is 2.30. The van der Waals surface area contributed by atoms with E-state index >= 15 is 0 Å².